The molecule has 0 aromatic rings. The molecule has 3 N–H and O–H groups in total. The minimum Gasteiger partial charge on any atom is -0.396 e. The van der Waals surface area contributed by atoms with Crippen LogP contribution in [0.1, 0.15) is 19.3 Å². The van der Waals surface area contributed by atoms with Crippen molar-refractivity contribution < 1.29 is 14.6 Å². The minimum atomic E-state index is -0.284. The predicted molar refractivity (Wildman–Crippen MR) is 49.5 cm³/mol. The Morgan fingerprint density at radius 1 is 1.54 bits per heavy atom. The zero-order valence-corrected chi connectivity index (χ0v) is 8.00. The molecule has 4 nitrogen and oxygen atoms in total. The van der Waals surface area contributed by atoms with Gasteiger partial charge in [-0.2, -0.15) is 0 Å². The molecule has 1 atom stereocenters. The molecule has 1 saturated heterocycles. The van der Waals surface area contributed by atoms with Crippen LogP contribution < -0.4 is 5.73 Å². The number of ether oxygens (including phenoxy) is 2. The summed E-state index contributed by atoms with van der Waals surface area (Å²) in [5, 5.41) is 8.61. The van der Waals surface area contributed by atoms with Crippen LogP contribution in [0.5, 0.6) is 0 Å². The van der Waals surface area contributed by atoms with E-state index >= 15 is 0 Å². The second-order valence-electron chi connectivity index (χ2n) is 3.47. The third-order valence-corrected chi connectivity index (χ3v) is 2.37. The average Bonchev–Trinajstić information content (AvgIpc) is 2.20. The van der Waals surface area contributed by atoms with Crippen LogP contribution >= 0.6 is 0 Å². The SMILES string of the molecule is NCC1(OCCCO)CCCOC1. The first-order valence-corrected chi connectivity index (χ1v) is 4.86. The fourth-order valence-electron chi connectivity index (χ4n) is 1.51. The molecule has 0 bridgehead atoms. The second-order valence-corrected chi connectivity index (χ2v) is 3.47. The summed E-state index contributed by atoms with van der Waals surface area (Å²) in [6.07, 6.45) is 2.65. The van der Waals surface area contributed by atoms with Gasteiger partial charge in [-0.05, 0) is 19.3 Å². The van der Waals surface area contributed by atoms with Crippen molar-refractivity contribution in [2.24, 2.45) is 5.73 Å². The Bertz CT molecular complexity index is 135. The van der Waals surface area contributed by atoms with Crippen molar-refractivity contribution in [3.8, 4) is 0 Å². The maximum absolute atomic E-state index is 8.61. The number of nitrogens with two attached hydrogens (primary N) is 1. The molecule has 0 aromatic heterocycles. The summed E-state index contributed by atoms with van der Waals surface area (Å²) in [5.74, 6) is 0. The van der Waals surface area contributed by atoms with Crippen LogP contribution in [0.25, 0.3) is 0 Å². The third-order valence-electron chi connectivity index (χ3n) is 2.37. The number of aliphatic hydroxyl groups excluding tert-OH is 1. The summed E-state index contributed by atoms with van der Waals surface area (Å²) in [7, 11) is 0. The van der Waals surface area contributed by atoms with Gasteiger partial charge in [-0.1, -0.05) is 0 Å². The van der Waals surface area contributed by atoms with Crippen LogP contribution in [0.3, 0.4) is 0 Å². The predicted octanol–water partition coefficient (Wildman–Crippen LogP) is -0.107. The maximum atomic E-state index is 8.61. The highest BCUT2D eigenvalue weighted by atomic mass is 16.5. The smallest absolute Gasteiger partial charge is 0.104 e. The largest absolute Gasteiger partial charge is 0.396 e. The van der Waals surface area contributed by atoms with Gasteiger partial charge in [-0.15, -0.1) is 0 Å². The van der Waals surface area contributed by atoms with Crippen LogP contribution in [0.2, 0.25) is 0 Å². The van der Waals surface area contributed by atoms with Crippen molar-refractivity contribution in [3.05, 3.63) is 0 Å². The minimum absolute atomic E-state index is 0.168. The number of aliphatic hydroxyl groups is 1. The average molecular weight is 189 g/mol. The molecule has 0 radical (unpaired) electrons. The lowest BCUT2D eigenvalue weighted by atomic mass is 9.96. The molecule has 1 unspecified atom stereocenters. The first-order chi connectivity index (χ1) is 6.33. The molecule has 0 spiro atoms. The Morgan fingerprint density at radius 3 is 2.92 bits per heavy atom. The van der Waals surface area contributed by atoms with Crippen LogP contribution in [0.4, 0.5) is 0 Å². The Kier molecular flexibility index (Phi) is 4.66. The van der Waals surface area contributed by atoms with Gasteiger partial charge in [0, 0.05) is 26.4 Å². The van der Waals surface area contributed by atoms with Crippen LogP contribution in [-0.4, -0.2) is 43.7 Å². The Labute approximate surface area is 79.0 Å². The maximum Gasteiger partial charge on any atom is 0.104 e. The van der Waals surface area contributed by atoms with E-state index in [9.17, 15) is 0 Å². The van der Waals surface area contributed by atoms with Crippen molar-refractivity contribution in [2.75, 3.05) is 33.0 Å². The van der Waals surface area contributed by atoms with Crippen molar-refractivity contribution in [2.45, 2.75) is 24.9 Å². The molecular formula is C9H19NO3. The normalized spacial score (nSPS) is 29.1. The second kappa shape index (κ2) is 5.54. The lowest BCUT2D eigenvalue weighted by Gasteiger charge is -2.35. The van der Waals surface area contributed by atoms with Crippen molar-refractivity contribution in [1.82, 2.24) is 0 Å². The van der Waals surface area contributed by atoms with Gasteiger partial charge in [0.2, 0.25) is 0 Å². The van der Waals surface area contributed by atoms with E-state index in [0.29, 0.717) is 26.2 Å². The van der Waals surface area contributed by atoms with Crippen molar-refractivity contribution >= 4 is 0 Å². The van der Waals surface area contributed by atoms with Gasteiger partial charge in [0.15, 0.2) is 0 Å². The number of hydrogen-bond donors (Lipinski definition) is 2. The fourth-order valence-corrected chi connectivity index (χ4v) is 1.51. The standard InChI is InChI=1S/C9H19NO3/c10-7-9(13-6-2-4-11)3-1-5-12-8-9/h11H,1-8,10H2. The lowest BCUT2D eigenvalue weighted by molar-refractivity contribution is -0.124. The zero-order chi connectivity index (χ0) is 9.57. The molecule has 0 aliphatic carbocycles. The van der Waals surface area contributed by atoms with Gasteiger partial charge in [-0.25, -0.2) is 0 Å². The van der Waals surface area contributed by atoms with E-state index in [1.165, 1.54) is 0 Å². The Morgan fingerprint density at radius 2 is 2.38 bits per heavy atom. The molecular weight excluding hydrogens is 170 g/mol. The highest BCUT2D eigenvalue weighted by Crippen LogP contribution is 2.22. The van der Waals surface area contributed by atoms with Gasteiger partial charge in [0.25, 0.3) is 0 Å². The highest BCUT2D eigenvalue weighted by molar-refractivity contribution is 4.84. The van der Waals surface area contributed by atoms with Crippen LogP contribution in [0, 0.1) is 0 Å². The molecule has 0 aromatic carbocycles. The van der Waals surface area contributed by atoms with Gasteiger partial charge in [-0.3, -0.25) is 0 Å². The van der Waals surface area contributed by atoms with Gasteiger partial charge >= 0.3 is 0 Å². The molecule has 0 amide bonds. The summed E-state index contributed by atoms with van der Waals surface area (Å²) in [6.45, 7) is 2.64. The monoisotopic (exact) mass is 189 g/mol. The third kappa shape index (κ3) is 3.23. The Hall–Kier alpha value is -0.160. The number of rotatable bonds is 5. The van der Waals surface area contributed by atoms with E-state index in [4.69, 9.17) is 20.3 Å². The van der Waals surface area contributed by atoms with E-state index in [1.54, 1.807) is 0 Å². The summed E-state index contributed by atoms with van der Waals surface area (Å²) >= 11 is 0. The van der Waals surface area contributed by atoms with Gasteiger partial charge < -0.3 is 20.3 Å². The van der Waals surface area contributed by atoms with Crippen LogP contribution in [0.15, 0.2) is 0 Å². The Balaban J connectivity index is 2.29. The van der Waals surface area contributed by atoms with E-state index < -0.39 is 0 Å². The summed E-state index contributed by atoms with van der Waals surface area (Å²) in [4.78, 5) is 0. The molecule has 78 valence electrons. The molecule has 13 heavy (non-hydrogen) atoms. The first kappa shape index (κ1) is 10.9. The van der Waals surface area contributed by atoms with E-state index in [0.717, 1.165) is 19.4 Å². The summed E-state index contributed by atoms with van der Waals surface area (Å²) < 4.78 is 11.0. The number of hydrogen-bond acceptors (Lipinski definition) is 4. The van der Waals surface area contributed by atoms with Gasteiger partial charge in [0.1, 0.15) is 5.60 Å². The molecule has 1 heterocycles. The zero-order valence-electron chi connectivity index (χ0n) is 8.00. The lowest BCUT2D eigenvalue weighted by Crippen LogP contribution is -2.48. The summed E-state index contributed by atoms with van der Waals surface area (Å²) in [6, 6.07) is 0. The fraction of sp³-hybridized carbons (Fsp3) is 1.00. The van der Waals surface area contributed by atoms with Gasteiger partial charge in [0.05, 0.1) is 6.61 Å². The van der Waals surface area contributed by atoms with E-state index in [-0.39, 0.29) is 12.2 Å². The topological polar surface area (TPSA) is 64.7 Å². The quantitative estimate of drug-likeness (QED) is 0.592. The molecule has 1 rings (SSSR count). The summed E-state index contributed by atoms with van der Waals surface area (Å²) in [5.41, 5.74) is 5.37. The molecule has 0 saturated carbocycles. The molecule has 4 heteroatoms. The molecule has 1 aliphatic heterocycles. The molecule has 1 aliphatic rings. The van der Waals surface area contributed by atoms with Crippen LogP contribution in [-0.2, 0) is 9.47 Å². The van der Waals surface area contributed by atoms with Crippen molar-refractivity contribution in [3.63, 3.8) is 0 Å². The first-order valence-electron chi connectivity index (χ1n) is 4.86. The highest BCUT2D eigenvalue weighted by Gasteiger charge is 2.32. The molecule has 1 fully saturated rings. The van der Waals surface area contributed by atoms with E-state index in [2.05, 4.69) is 0 Å². The van der Waals surface area contributed by atoms with Crippen molar-refractivity contribution in [1.29, 1.82) is 0 Å². The van der Waals surface area contributed by atoms with E-state index in [1.807, 2.05) is 0 Å².